The molecule has 0 bridgehead atoms. The zero-order valence-corrected chi connectivity index (χ0v) is 16.1. The fourth-order valence-corrected chi connectivity index (χ4v) is 2.27. The summed E-state index contributed by atoms with van der Waals surface area (Å²) < 4.78 is 18.8. The lowest BCUT2D eigenvalue weighted by molar-refractivity contribution is 0.0954. The standard InChI is InChI=1S/C19H26FN5O2/c1-12(2)17-10-15(27-25-17)11-24-19(21-4)23-8-7-22-18(26)14-6-5-13(3)16(20)9-14/h5-6,9-10,12H,7-8,11H2,1-4H3,(H,22,26)(H2,21,23,24). The van der Waals surface area contributed by atoms with E-state index in [1.165, 1.54) is 6.07 Å². The Labute approximate surface area is 158 Å². The van der Waals surface area contributed by atoms with Crippen molar-refractivity contribution in [3.8, 4) is 0 Å². The normalized spacial score (nSPS) is 11.6. The molecule has 0 aliphatic rings. The molecule has 8 heteroatoms. The second kappa shape index (κ2) is 9.70. The van der Waals surface area contributed by atoms with Gasteiger partial charge >= 0.3 is 0 Å². The topological polar surface area (TPSA) is 91.5 Å². The summed E-state index contributed by atoms with van der Waals surface area (Å²) in [5.41, 5.74) is 1.72. The molecule has 0 fully saturated rings. The maximum absolute atomic E-state index is 13.5. The summed E-state index contributed by atoms with van der Waals surface area (Å²) in [6.07, 6.45) is 0. The molecule has 0 spiro atoms. The van der Waals surface area contributed by atoms with E-state index in [9.17, 15) is 9.18 Å². The van der Waals surface area contributed by atoms with Crippen LogP contribution in [0, 0.1) is 12.7 Å². The minimum Gasteiger partial charge on any atom is -0.359 e. The van der Waals surface area contributed by atoms with E-state index in [1.807, 2.05) is 6.07 Å². The predicted octanol–water partition coefficient (Wildman–Crippen LogP) is 2.34. The number of hydrogen-bond donors (Lipinski definition) is 3. The molecule has 1 aromatic carbocycles. The minimum absolute atomic E-state index is 0.298. The van der Waals surface area contributed by atoms with Crippen molar-refractivity contribution in [1.82, 2.24) is 21.1 Å². The summed E-state index contributed by atoms with van der Waals surface area (Å²) in [6.45, 7) is 7.04. The van der Waals surface area contributed by atoms with Gasteiger partial charge in [0.05, 0.1) is 12.2 Å². The molecule has 0 saturated carbocycles. The van der Waals surface area contributed by atoms with Crippen molar-refractivity contribution in [2.75, 3.05) is 20.1 Å². The van der Waals surface area contributed by atoms with Crippen molar-refractivity contribution < 1.29 is 13.7 Å². The summed E-state index contributed by atoms with van der Waals surface area (Å²) in [5.74, 6) is 0.898. The van der Waals surface area contributed by atoms with Crippen LogP contribution in [0.4, 0.5) is 4.39 Å². The molecule has 0 aliphatic heterocycles. The molecule has 7 nitrogen and oxygen atoms in total. The average molecular weight is 375 g/mol. The van der Waals surface area contributed by atoms with Crippen LogP contribution in [0.3, 0.4) is 0 Å². The van der Waals surface area contributed by atoms with Crippen molar-refractivity contribution >= 4 is 11.9 Å². The first-order chi connectivity index (χ1) is 12.9. The Hall–Kier alpha value is -2.90. The van der Waals surface area contributed by atoms with E-state index >= 15 is 0 Å². The van der Waals surface area contributed by atoms with Crippen molar-refractivity contribution in [3.05, 3.63) is 52.7 Å². The van der Waals surface area contributed by atoms with Crippen molar-refractivity contribution in [1.29, 1.82) is 0 Å². The van der Waals surface area contributed by atoms with E-state index in [4.69, 9.17) is 4.52 Å². The average Bonchev–Trinajstić information content (AvgIpc) is 3.12. The third-order valence-corrected chi connectivity index (χ3v) is 3.96. The Balaban J connectivity index is 1.72. The summed E-state index contributed by atoms with van der Waals surface area (Å²) in [5, 5.41) is 12.9. The number of aromatic nitrogens is 1. The van der Waals surface area contributed by atoms with Gasteiger partial charge in [-0.3, -0.25) is 9.79 Å². The van der Waals surface area contributed by atoms with Gasteiger partial charge in [-0.1, -0.05) is 25.1 Å². The van der Waals surface area contributed by atoms with Gasteiger partial charge in [-0.05, 0) is 30.5 Å². The van der Waals surface area contributed by atoms with Gasteiger partial charge in [-0.15, -0.1) is 0 Å². The molecule has 1 heterocycles. The fourth-order valence-electron chi connectivity index (χ4n) is 2.27. The number of amides is 1. The van der Waals surface area contributed by atoms with Crippen LogP contribution in [0.25, 0.3) is 0 Å². The first-order valence-electron chi connectivity index (χ1n) is 8.85. The van der Waals surface area contributed by atoms with E-state index in [0.717, 1.165) is 11.5 Å². The van der Waals surface area contributed by atoms with Crippen LogP contribution in [0.5, 0.6) is 0 Å². The van der Waals surface area contributed by atoms with E-state index in [1.54, 1.807) is 26.1 Å². The maximum atomic E-state index is 13.5. The second-order valence-corrected chi connectivity index (χ2v) is 6.45. The highest BCUT2D eigenvalue weighted by Crippen LogP contribution is 2.13. The van der Waals surface area contributed by atoms with Crippen LogP contribution >= 0.6 is 0 Å². The quantitative estimate of drug-likeness (QED) is 0.393. The molecule has 27 heavy (non-hydrogen) atoms. The molecule has 146 valence electrons. The van der Waals surface area contributed by atoms with E-state index in [-0.39, 0.29) is 5.91 Å². The lowest BCUT2D eigenvalue weighted by Crippen LogP contribution is -2.41. The van der Waals surface area contributed by atoms with Gasteiger partial charge in [0.1, 0.15) is 5.82 Å². The van der Waals surface area contributed by atoms with Crippen molar-refractivity contribution in [2.24, 2.45) is 4.99 Å². The zero-order chi connectivity index (χ0) is 19.8. The first-order valence-corrected chi connectivity index (χ1v) is 8.85. The number of nitrogens with zero attached hydrogens (tertiary/aromatic N) is 2. The number of benzene rings is 1. The third-order valence-electron chi connectivity index (χ3n) is 3.96. The molecule has 0 atom stereocenters. The second-order valence-electron chi connectivity index (χ2n) is 6.45. The number of nitrogens with one attached hydrogen (secondary N) is 3. The third kappa shape index (κ3) is 6.09. The number of carbonyl (C=O) groups excluding carboxylic acids is 1. The van der Waals surface area contributed by atoms with E-state index < -0.39 is 5.82 Å². The Morgan fingerprint density at radius 2 is 1.96 bits per heavy atom. The van der Waals surface area contributed by atoms with Gasteiger partial charge < -0.3 is 20.5 Å². The maximum Gasteiger partial charge on any atom is 0.251 e. The van der Waals surface area contributed by atoms with Crippen LogP contribution in [0.2, 0.25) is 0 Å². The Morgan fingerprint density at radius 1 is 1.22 bits per heavy atom. The van der Waals surface area contributed by atoms with Crippen molar-refractivity contribution in [3.63, 3.8) is 0 Å². The number of carbonyl (C=O) groups is 1. The molecule has 3 N–H and O–H groups in total. The SMILES string of the molecule is CN=C(NCCNC(=O)c1ccc(C)c(F)c1)NCc1cc(C(C)C)no1. The van der Waals surface area contributed by atoms with Crippen LogP contribution in [-0.4, -0.2) is 37.2 Å². The van der Waals surface area contributed by atoms with Gasteiger partial charge in [0.15, 0.2) is 11.7 Å². The molecule has 0 saturated heterocycles. The van der Waals surface area contributed by atoms with Gasteiger partial charge in [-0.25, -0.2) is 4.39 Å². The molecular formula is C19H26FN5O2. The van der Waals surface area contributed by atoms with E-state index in [0.29, 0.717) is 42.6 Å². The van der Waals surface area contributed by atoms with Gasteiger partial charge in [0.2, 0.25) is 0 Å². The number of guanidine groups is 1. The molecule has 2 rings (SSSR count). The minimum atomic E-state index is -0.390. The largest absolute Gasteiger partial charge is 0.359 e. The smallest absolute Gasteiger partial charge is 0.251 e. The van der Waals surface area contributed by atoms with Crippen LogP contribution in [0.15, 0.2) is 33.8 Å². The first kappa shape index (κ1) is 20.4. The predicted molar refractivity (Wildman–Crippen MR) is 102 cm³/mol. The molecule has 0 aliphatic carbocycles. The van der Waals surface area contributed by atoms with Gasteiger partial charge in [0, 0.05) is 31.8 Å². The summed E-state index contributed by atoms with van der Waals surface area (Å²) >= 11 is 0. The van der Waals surface area contributed by atoms with Crippen LogP contribution < -0.4 is 16.0 Å². The Bertz CT molecular complexity index is 801. The highest BCUT2D eigenvalue weighted by molar-refractivity contribution is 5.94. The van der Waals surface area contributed by atoms with Crippen LogP contribution in [-0.2, 0) is 6.54 Å². The monoisotopic (exact) mass is 375 g/mol. The number of aliphatic imine (C=N–C) groups is 1. The lowest BCUT2D eigenvalue weighted by atomic mass is 10.1. The highest BCUT2D eigenvalue weighted by Gasteiger charge is 2.09. The van der Waals surface area contributed by atoms with Gasteiger partial charge in [0.25, 0.3) is 5.91 Å². The molecule has 2 aromatic rings. The van der Waals surface area contributed by atoms with E-state index in [2.05, 4.69) is 39.9 Å². The lowest BCUT2D eigenvalue weighted by Gasteiger charge is -2.11. The molecule has 1 aromatic heterocycles. The number of hydrogen-bond acceptors (Lipinski definition) is 4. The summed E-state index contributed by atoms with van der Waals surface area (Å²) in [7, 11) is 1.66. The molecular weight excluding hydrogens is 349 g/mol. The Kier molecular flexibility index (Phi) is 7.34. The summed E-state index contributed by atoms with van der Waals surface area (Å²) in [4.78, 5) is 16.1. The number of aryl methyl sites for hydroxylation is 1. The van der Waals surface area contributed by atoms with Crippen LogP contribution in [0.1, 0.15) is 47.1 Å². The Morgan fingerprint density at radius 3 is 2.59 bits per heavy atom. The number of halogens is 1. The molecule has 1 amide bonds. The zero-order valence-electron chi connectivity index (χ0n) is 16.1. The number of rotatable bonds is 7. The molecule has 0 unspecified atom stereocenters. The van der Waals surface area contributed by atoms with Crippen molar-refractivity contribution in [2.45, 2.75) is 33.2 Å². The highest BCUT2D eigenvalue weighted by atomic mass is 19.1. The molecule has 0 radical (unpaired) electrons. The fraction of sp³-hybridized carbons (Fsp3) is 0.421. The summed E-state index contributed by atoms with van der Waals surface area (Å²) in [6, 6.07) is 6.33. The van der Waals surface area contributed by atoms with Gasteiger partial charge in [-0.2, -0.15) is 0 Å².